The molecule has 0 bridgehead atoms. The molecule has 2 aromatic carbocycles. The molecular formula is C21H17F3N4O3. The summed E-state index contributed by atoms with van der Waals surface area (Å²) in [6.45, 7) is 0. The fourth-order valence-electron chi connectivity index (χ4n) is 3.66. The van der Waals surface area contributed by atoms with Crippen molar-refractivity contribution < 1.29 is 27.6 Å². The number of nitrogens with zero attached hydrogens (tertiary/aromatic N) is 2. The molecule has 2 aromatic rings. The summed E-state index contributed by atoms with van der Waals surface area (Å²) >= 11 is 0. The third-order valence-electron chi connectivity index (χ3n) is 5.13. The predicted octanol–water partition coefficient (Wildman–Crippen LogP) is 2.97. The Bertz CT molecular complexity index is 1070. The SMILES string of the molecule is CN1C=C(C(=O)Nc2ccc(C(F)(F)F)cc2)C2NC(=O)N(c3ccccc3)C(=O)C21. The number of benzene rings is 2. The number of nitrogens with one attached hydrogen (secondary N) is 2. The second-order valence-electron chi connectivity index (χ2n) is 7.16. The molecule has 2 unspecified atom stereocenters. The van der Waals surface area contributed by atoms with Crippen LogP contribution in [0.15, 0.2) is 66.4 Å². The lowest BCUT2D eigenvalue weighted by Crippen LogP contribution is -2.65. The Morgan fingerprint density at radius 2 is 1.68 bits per heavy atom. The average Bonchev–Trinajstić information content (AvgIpc) is 3.05. The number of carbonyl (C=O) groups excluding carboxylic acids is 3. The number of amides is 4. The molecule has 0 aliphatic carbocycles. The number of halogens is 3. The Balaban J connectivity index is 1.53. The number of alkyl halides is 3. The number of likely N-dealkylation sites (N-methyl/N-ethyl adjacent to an activating group) is 1. The van der Waals surface area contributed by atoms with E-state index in [-0.39, 0.29) is 11.3 Å². The molecule has 31 heavy (non-hydrogen) atoms. The van der Waals surface area contributed by atoms with Gasteiger partial charge in [0.2, 0.25) is 0 Å². The van der Waals surface area contributed by atoms with Crippen molar-refractivity contribution in [1.29, 1.82) is 0 Å². The van der Waals surface area contributed by atoms with Crippen LogP contribution in [-0.2, 0) is 15.8 Å². The third kappa shape index (κ3) is 3.72. The van der Waals surface area contributed by atoms with Crippen LogP contribution in [0.4, 0.5) is 29.3 Å². The van der Waals surface area contributed by atoms with E-state index in [1.54, 1.807) is 37.4 Å². The fraction of sp³-hybridized carbons (Fsp3) is 0.190. The van der Waals surface area contributed by atoms with Gasteiger partial charge in [-0.15, -0.1) is 0 Å². The first-order valence-corrected chi connectivity index (χ1v) is 9.28. The van der Waals surface area contributed by atoms with E-state index >= 15 is 0 Å². The molecule has 0 radical (unpaired) electrons. The lowest BCUT2D eigenvalue weighted by atomic mass is 9.99. The van der Waals surface area contributed by atoms with Crippen molar-refractivity contribution in [2.75, 3.05) is 17.3 Å². The molecule has 160 valence electrons. The van der Waals surface area contributed by atoms with Crippen LogP contribution in [0.1, 0.15) is 5.56 Å². The van der Waals surface area contributed by atoms with Crippen molar-refractivity contribution in [2.24, 2.45) is 0 Å². The smallest absolute Gasteiger partial charge is 0.366 e. The van der Waals surface area contributed by atoms with Crippen molar-refractivity contribution >= 4 is 29.2 Å². The summed E-state index contributed by atoms with van der Waals surface area (Å²) in [5, 5.41) is 5.19. The molecule has 2 heterocycles. The minimum Gasteiger partial charge on any atom is -0.366 e. The number of para-hydroxylation sites is 1. The van der Waals surface area contributed by atoms with Crippen molar-refractivity contribution in [1.82, 2.24) is 10.2 Å². The maximum atomic E-state index is 13.0. The number of imide groups is 1. The van der Waals surface area contributed by atoms with Crippen LogP contribution in [0.3, 0.4) is 0 Å². The first-order valence-electron chi connectivity index (χ1n) is 9.28. The van der Waals surface area contributed by atoms with Gasteiger partial charge in [0.25, 0.3) is 11.8 Å². The van der Waals surface area contributed by atoms with E-state index in [4.69, 9.17) is 0 Å². The fourth-order valence-corrected chi connectivity index (χ4v) is 3.66. The van der Waals surface area contributed by atoms with Crippen molar-refractivity contribution in [3.63, 3.8) is 0 Å². The summed E-state index contributed by atoms with van der Waals surface area (Å²) in [6.07, 6.45) is -3.04. The molecule has 0 spiro atoms. The largest absolute Gasteiger partial charge is 0.416 e. The lowest BCUT2D eigenvalue weighted by Gasteiger charge is -2.37. The third-order valence-corrected chi connectivity index (χ3v) is 5.13. The first-order chi connectivity index (χ1) is 14.7. The Morgan fingerprint density at radius 3 is 2.29 bits per heavy atom. The number of anilines is 2. The van der Waals surface area contributed by atoms with Gasteiger partial charge >= 0.3 is 12.2 Å². The van der Waals surface area contributed by atoms with Gasteiger partial charge in [0.05, 0.1) is 22.9 Å². The molecule has 2 N–H and O–H groups in total. The zero-order valence-electron chi connectivity index (χ0n) is 16.2. The second kappa shape index (κ2) is 7.46. The van der Waals surface area contributed by atoms with Gasteiger partial charge in [0, 0.05) is 18.9 Å². The van der Waals surface area contributed by atoms with E-state index < -0.39 is 41.7 Å². The van der Waals surface area contributed by atoms with E-state index in [0.29, 0.717) is 5.69 Å². The van der Waals surface area contributed by atoms with Gasteiger partial charge in [0.1, 0.15) is 6.04 Å². The molecule has 0 saturated carbocycles. The minimum absolute atomic E-state index is 0.127. The summed E-state index contributed by atoms with van der Waals surface area (Å²) in [4.78, 5) is 41.0. The minimum atomic E-state index is -4.48. The zero-order chi connectivity index (χ0) is 22.3. The molecule has 2 aliphatic rings. The molecule has 0 aromatic heterocycles. The molecular weight excluding hydrogens is 413 g/mol. The predicted molar refractivity (Wildman–Crippen MR) is 106 cm³/mol. The molecule has 1 saturated heterocycles. The van der Waals surface area contributed by atoms with Gasteiger partial charge in [-0.2, -0.15) is 13.2 Å². The Kier molecular flexibility index (Phi) is 4.92. The van der Waals surface area contributed by atoms with E-state index in [1.165, 1.54) is 11.1 Å². The quantitative estimate of drug-likeness (QED) is 0.785. The maximum Gasteiger partial charge on any atom is 0.416 e. The van der Waals surface area contributed by atoms with Crippen LogP contribution in [0.25, 0.3) is 0 Å². The standard InChI is InChI=1S/C21H17F3N4O3/c1-27-11-15(18(29)25-13-9-7-12(8-10-13)21(22,23)24)16-17(27)19(30)28(20(31)26-16)14-5-3-2-4-6-14/h2-11,16-17H,1H3,(H,25,29)(H,26,31). The van der Waals surface area contributed by atoms with Gasteiger partial charge in [-0.25, -0.2) is 9.69 Å². The molecule has 4 rings (SSSR count). The van der Waals surface area contributed by atoms with E-state index in [9.17, 15) is 27.6 Å². The van der Waals surface area contributed by atoms with Crippen LogP contribution >= 0.6 is 0 Å². The lowest BCUT2D eigenvalue weighted by molar-refractivity contribution is -0.137. The summed E-state index contributed by atoms with van der Waals surface area (Å²) < 4.78 is 38.1. The Hall–Kier alpha value is -3.82. The maximum absolute atomic E-state index is 13.0. The van der Waals surface area contributed by atoms with E-state index in [2.05, 4.69) is 10.6 Å². The van der Waals surface area contributed by atoms with Crippen molar-refractivity contribution in [2.45, 2.75) is 18.3 Å². The zero-order valence-corrected chi connectivity index (χ0v) is 16.2. The van der Waals surface area contributed by atoms with Gasteiger partial charge in [-0.05, 0) is 36.4 Å². The monoisotopic (exact) mass is 430 g/mol. The molecule has 2 atom stereocenters. The number of hydrogen-bond acceptors (Lipinski definition) is 4. The first kappa shape index (κ1) is 20.5. The molecule has 7 nitrogen and oxygen atoms in total. The van der Waals surface area contributed by atoms with Crippen LogP contribution in [0.5, 0.6) is 0 Å². The van der Waals surface area contributed by atoms with E-state index in [0.717, 1.165) is 29.2 Å². The number of carbonyl (C=O) groups is 3. The summed E-state index contributed by atoms with van der Waals surface area (Å²) in [5.41, 5.74) is -0.151. The van der Waals surface area contributed by atoms with Gasteiger partial charge in [0.15, 0.2) is 0 Å². The number of urea groups is 1. The van der Waals surface area contributed by atoms with E-state index in [1.807, 2.05) is 0 Å². The average molecular weight is 430 g/mol. The number of fused-ring (bicyclic) bond motifs is 1. The van der Waals surface area contributed by atoms with Gasteiger partial charge < -0.3 is 15.5 Å². The topological polar surface area (TPSA) is 81.8 Å². The molecule has 4 amide bonds. The van der Waals surface area contributed by atoms with Crippen molar-refractivity contribution in [3.8, 4) is 0 Å². The Morgan fingerprint density at radius 1 is 1.03 bits per heavy atom. The van der Waals surface area contributed by atoms with Crippen LogP contribution in [0, 0.1) is 0 Å². The Labute approximate surface area is 175 Å². The molecule has 2 aliphatic heterocycles. The number of rotatable bonds is 3. The van der Waals surface area contributed by atoms with Crippen molar-refractivity contribution in [3.05, 3.63) is 71.9 Å². The highest BCUT2D eigenvalue weighted by Gasteiger charge is 2.49. The summed E-state index contributed by atoms with van der Waals surface area (Å²) in [7, 11) is 1.61. The van der Waals surface area contributed by atoms with Crippen LogP contribution < -0.4 is 15.5 Å². The highest BCUT2D eigenvalue weighted by molar-refractivity contribution is 6.20. The summed E-state index contributed by atoms with van der Waals surface area (Å²) in [6, 6.07) is 10.0. The number of hydrogen-bond donors (Lipinski definition) is 2. The molecule has 10 heteroatoms. The normalized spacial score (nSPS) is 20.8. The highest BCUT2D eigenvalue weighted by Crippen LogP contribution is 2.31. The van der Waals surface area contributed by atoms with Crippen LogP contribution in [0.2, 0.25) is 0 Å². The molecule has 1 fully saturated rings. The second-order valence-corrected chi connectivity index (χ2v) is 7.16. The van der Waals surface area contributed by atoms with Gasteiger partial charge in [-0.3, -0.25) is 9.59 Å². The van der Waals surface area contributed by atoms with Crippen LogP contribution in [-0.4, -0.2) is 41.9 Å². The highest BCUT2D eigenvalue weighted by atomic mass is 19.4. The summed E-state index contributed by atoms with van der Waals surface area (Å²) in [5.74, 6) is -1.11. The van der Waals surface area contributed by atoms with Gasteiger partial charge in [-0.1, -0.05) is 18.2 Å².